The van der Waals surface area contributed by atoms with Crippen LogP contribution in [0.15, 0.2) is 54.2 Å². The van der Waals surface area contributed by atoms with Gasteiger partial charge >= 0.3 is 6.36 Å². The topological polar surface area (TPSA) is 47.5 Å². The summed E-state index contributed by atoms with van der Waals surface area (Å²) in [6.07, 6.45) is -0.945. The van der Waals surface area contributed by atoms with E-state index in [0.717, 1.165) is 11.3 Å². The lowest BCUT2D eigenvalue weighted by molar-refractivity contribution is -0.368. The zero-order chi connectivity index (χ0) is 17.3. The zero-order valence-corrected chi connectivity index (χ0v) is 12.7. The van der Waals surface area contributed by atoms with Crippen molar-refractivity contribution in [1.82, 2.24) is 0 Å². The fourth-order valence-corrected chi connectivity index (χ4v) is 2.25. The van der Waals surface area contributed by atoms with Gasteiger partial charge in [-0.05, 0) is 25.1 Å². The van der Waals surface area contributed by atoms with Crippen molar-refractivity contribution in [2.24, 2.45) is 0 Å². The van der Waals surface area contributed by atoms with Gasteiger partial charge in [0.2, 0.25) is 5.75 Å². The number of allylic oxidation sites excluding steroid dienone is 1. The van der Waals surface area contributed by atoms with Crippen LogP contribution < -0.4 is 15.2 Å². The molecule has 2 aromatic carbocycles. The summed E-state index contributed by atoms with van der Waals surface area (Å²) in [5, 5.41) is 0. The van der Waals surface area contributed by atoms with Gasteiger partial charge in [-0.1, -0.05) is 6.07 Å². The highest BCUT2D eigenvalue weighted by molar-refractivity contribution is 5.79. The van der Waals surface area contributed by atoms with Gasteiger partial charge in [0, 0.05) is 23.9 Å². The minimum absolute atomic E-state index is 0.213. The molecule has 124 valence electrons. The Bertz CT molecular complexity index is 842. The van der Waals surface area contributed by atoms with Crippen molar-refractivity contribution in [3.8, 4) is 17.2 Å². The Morgan fingerprint density at radius 3 is 2.42 bits per heavy atom. The molecule has 0 fully saturated rings. The zero-order valence-electron chi connectivity index (χ0n) is 12.7. The van der Waals surface area contributed by atoms with Gasteiger partial charge in [-0.3, -0.25) is 0 Å². The Balaban J connectivity index is 1.87. The Kier molecular flexibility index (Phi) is 3.92. The van der Waals surface area contributed by atoms with E-state index < -0.39 is 6.36 Å². The molecule has 0 bridgehead atoms. The number of hydrogen-bond acceptors (Lipinski definition) is 3. The molecule has 2 aromatic rings. The molecule has 0 spiro atoms. The van der Waals surface area contributed by atoms with Gasteiger partial charge in [-0.2, -0.15) is 4.58 Å². The molecule has 0 saturated heterocycles. The van der Waals surface area contributed by atoms with Gasteiger partial charge in [0.15, 0.2) is 12.4 Å². The van der Waals surface area contributed by atoms with E-state index >= 15 is 0 Å². The molecule has 1 aliphatic rings. The molecular weight excluding hydrogens is 321 g/mol. The van der Waals surface area contributed by atoms with E-state index in [2.05, 4.69) is 4.74 Å². The highest BCUT2D eigenvalue weighted by Crippen LogP contribution is 2.36. The first kappa shape index (κ1) is 15.9. The van der Waals surface area contributed by atoms with Crippen molar-refractivity contribution in [1.29, 1.82) is 0 Å². The lowest BCUT2D eigenvalue weighted by Crippen LogP contribution is -2.17. The Morgan fingerprint density at radius 1 is 1.04 bits per heavy atom. The lowest BCUT2D eigenvalue weighted by atomic mass is 10.2. The van der Waals surface area contributed by atoms with Crippen molar-refractivity contribution in [3.63, 3.8) is 0 Å². The van der Waals surface area contributed by atoms with E-state index in [1.807, 2.05) is 23.9 Å². The summed E-state index contributed by atoms with van der Waals surface area (Å²) in [7, 11) is 0. The lowest BCUT2D eigenvalue weighted by Gasteiger charge is -2.13. The van der Waals surface area contributed by atoms with Crippen molar-refractivity contribution in [2.75, 3.05) is 5.73 Å². The number of ether oxygens (including phenoxy) is 2. The van der Waals surface area contributed by atoms with Crippen LogP contribution in [0.25, 0.3) is 0 Å². The molecule has 1 aliphatic heterocycles. The first-order valence-corrected chi connectivity index (χ1v) is 7.05. The minimum atomic E-state index is -4.75. The molecule has 4 nitrogen and oxygen atoms in total. The smallest absolute Gasteiger partial charge is 0.450 e. The second kappa shape index (κ2) is 5.92. The Hall–Kier alpha value is -2.96. The molecule has 0 aliphatic carbocycles. The van der Waals surface area contributed by atoms with Crippen LogP contribution in [0, 0.1) is 0 Å². The van der Waals surface area contributed by atoms with Crippen LogP contribution in [0.1, 0.15) is 6.92 Å². The normalized spacial score (nSPS) is 13.7. The van der Waals surface area contributed by atoms with Gasteiger partial charge in [0.05, 0.1) is 5.57 Å². The number of benzene rings is 2. The molecule has 0 aromatic heterocycles. The summed E-state index contributed by atoms with van der Waals surface area (Å²) >= 11 is 0. The van der Waals surface area contributed by atoms with Crippen LogP contribution in [0.5, 0.6) is 17.2 Å². The fraction of sp³-hybridized carbons (Fsp3) is 0.118. The molecule has 0 radical (unpaired) electrons. The van der Waals surface area contributed by atoms with Crippen molar-refractivity contribution < 1.29 is 27.2 Å². The summed E-state index contributed by atoms with van der Waals surface area (Å²) in [5.41, 5.74) is 8.10. The Morgan fingerprint density at radius 2 is 1.75 bits per heavy atom. The fourth-order valence-electron chi connectivity index (χ4n) is 2.25. The number of nitrogens with zero attached hydrogens (tertiary/aromatic N) is 1. The standard InChI is InChI=1S/C17H14F3N2O2/c1-11-9-22(10-11)15-6-5-12(21)7-16(15)23-13-3-2-4-14(8-13)24-17(18,19)20/h2-10H,21H2,1H3/q+1. The number of anilines is 1. The van der Waals surface area contributed by atoms with Crippen LogP contribution in [-0.4, -0.2) is 17.2 Å². The molecule has 24 heavy (non-hydrogen) atoms. The third-order valence-electron chi connectivity index (χ3n) is 3.21. The molecule has 7 heteroatoms. The van der Waals surface area contributed by atoms with Gasteiger partial charge in [-0.25, -0.2) is 0 Å². The maximum Gasteiger partial charge on any atom is 0.573 e. The number of alkyl halides is 3. The average molecular weight is 335 g/mol. The second-order valence-corrected chi connectivity index (χ2v) is 5.26. The first-order chi connectivity index (χ1) is 11.3. The molecular formula is C17H14F3N2O2+. The highest BCUT2D eigenvalue weighted by atomic mass is 19.4. The van der Waals surface area contributed by atoms with Gasteiger partial charge < -0.3 is 15.2 Å². The van der Waals surface area contributed by atoms with Crippen LogP contribution in [0.3, 0.4) is 0 Å². The number of halogens is 3. The van der Waals surface area contributed by atoms with E-state index in [9.17, 15) is 13.2 Å². The molecule has 1 heterocycles. The molecule has 0 atom stereocenters. The maximum atomic E-state index is 12.3. The third kappa shape index (κ3) is 3.68. The molecule has 0 unspecified atom stereocenters. The van der Waals surface area contributed by atoms with Gasteiger partial charge in [-0.15, -0.1) is 13.2 Å². The molecule has 3 rings (SSSR count). The van der Waals surface area contributed by atoms with Crippen LogP contribution in [-0.2, 0) is 0 Å². The summed E-state index contributed by atoms with van der Waals surface area (Å²) in [4.78, 5) is 0. The van der Waals surface area contributed by atoms with Crippen LogP contribution in [0.4, 0.5) is 24.5 Å². The van der Waals surface area contributed by atoms with Crippen molar-refractivity contribution in [2.45, 2.75) is 13.3 Å². The number of rotatable bonds is 4. The second-order valence-electron chi connectivity index (χ2n) is 5.26. The van der Waals surface area contributed by atoms with E-state index in [-0.39, 0.29) is 11.5 Å². The maximum absolute atomic E-state index is 12.3. The average Bonchev–Trinajstić information content (AvgIpc) is 2.43. The molecule has 0 amide bonds. The minimum Gasteiger partial charge on any atom is -0.450 e. The third-order valence-corrected chi connectivity index (χ3v) is 3.21. The van der Waals surface area contributed by atoms with E-state index in [4.69, 9.17) is 10.5 Å². The Labute approximate surface area is 136 Å². The summed E-state index contributed by atoms with van der Waals surface area (Å²) in [5.74, 6) is 0.292. The summed E-state index contributed by atoms with van der Waals surface area (Å²) < 4.78 is 48.4. The monoisotopic (exact) mass is 335 g/mol. The number of hydrogen-bond donors (Lipinski definition) is 1. The van der Waals surface area contributed by atoms with E-state index in [0.29, 0.717) is 11.4 Å². The predicted octanol–water partition coefficient (Wildman–Crippen LogP) is 4.59. The van der Waals surface area contributed by atoms with Gasteiger partial charge in [0.1, 0.15) is 11.5 Å². The van der Waals surface area contributed by atoms with Crippen LogP contribution >= 0.6 is 0 Å². The SMILES string of the molecule is CC1=C[N+](c2ccc(N)cc2Oc2cccc(OC(F)(F)F)c2)=C1. The van der Waals surface area contributed by atoms with Crippen LogP contribution in [0.2, 0.25) is 0 Å². The summed E-state index contributed by atoms with van der Waals surface area (Å²) in [6.45, 7) is 1.95. The number of nitrogen functional groups attached to an aromatic ring is 1. The summed E-state index contributed by atoms with van der Waals surface area (Å²) in [6, 6.07) is 10.4. The van der Waals surface area contributed by atoms with Gasteiger partial charge in [0.25, 0.3) is 5.69 Å². The number of nitrogens with two attached hydrogens (primary N) is 1. The first-order valence-electron chi connectivity index (χ1n) is 7.05. The quantitative estimate of drug-likeness (QED) is 0.656. The van der Waals surface area contributed by atoms with E-state index in [1.54, 1.807) is 18.2 Å². The van der Waals surface area contributed by atoms with Crippen molar-refractivity contribution >= 4 is 17.6 Å². The highest BCUT2D eigenvalue weighted by Gasteiger charge is 2.31. The largest absolute Gasteiger partial charge is 0.573 e. The van der Waals surface area contributed by atoms with E-state index in [1.165, 1.54) is 24.3 Å². The molecule has 0 saturated carbocycles. The van der Waals surface area contributed by atoms with Crippen molar-refractivity contribution in [3.05, 3.63) is 54.2 Å². The molecule has 2 N–H and O–H groups in total. The predicted molar refractivity (Wildman–Crippen MR) is 83.8 cm³/mol.